The highest BCUT2D eigenvalue weighted by molar-refractivity contribution is 7.11. The minimum absolute atomic E-state index is 0.390. The lowest BCUT2D eigenvalue weighted by Gasteiger charge is -2.34. The van der Waals surface area contributed by atoms with Crippen molar-refractivity contribution in [2.24, 2.45) is 5.73 Å². The Kier molecular flexibility index (Phi) is 4.35. The molecule has 16 heavy (non-hydrogen) atoms. The van der Waals surface area contributed by atoms with E-state index in [4.69, 9.17) is 10.5 Å². The van der Waals surface area contributed by atoms with Gasteiger partial charge in [-0.2, -0.15) is 0 Å². The van der Waals surface area contributed by atoms with E-state index in [1.807, 2.05) is 11.3 Å². The molecule has 0 saturated carbocycles. The third-order valence-corrected chi connectivity index (χ3v) is 4.26. The largest absolute Gasteiger partial charge is 0.378 e. The summed E-state index contributed by atoms with van der Waals surface area (Å²) in [6, 6.07) is 4.87. The molecule has 1 aromatic heterocycles. The number of thiophene rings is 1. The summed E-state index contributed by atoms with van der Waals surface area (Å²) in [5, 5.41) is 0. The molecule has 0 aromatic carbocycles. The third kappa shape index (κ3) is 2.83. The first-order valence-electron chi connectivity index (χ1n) is 5.93. The second-order valence-electron chi connectivity index (χ2n) is 4.16. The van der Waals surface area contributed by atoms with Gasteiger partial charge in [-0.15, -0.1) is 11.3 Å². The van der Waals surface area contributed by atoms with E-state index in [1.54, 1.807) is 0 Å². The van der Waals surface area contributed by atoms with Crippen molar-refractivity contribution >= 4 is 11.3 Å². The number of ether oxygens (including phenoxy) is 1. The van der Waals surface area contributed by atoms with Crippen molar-refractivity contribution in [3.05, 3.63) is 21.9 Å². The molecule has 2 rings (SSSR count). The molecule has 2 N–H and O–H groups in total. The monoisotopic (exact) mass is 240 g/mol. The van der Waals surface area contributed by atoms with E-state index in [0.29, 0.717) is 12.6 Å². The van der Waals surface area contributed by atoms with E-state index in [0.717, 1.165) is 32.7 Å². The molecule has 1 atom stereocenters. The van der Waals surface area contributed by atoms with Gasteiger partial charge in [0.05, 0.1) is 13.2 Å². The molecule has 90 valence electrons. The Labute approximate surface area is 101 Å². The van der Waals surface area contributed by atoms with Crippen molar-refractivity contribution in [2.75, 3.05) is 26.3 Å². The van der Waals surface area contributed by atoms with Crippen LogP contribution >= 0.6 is 11.3 Å². The molecule has 1 aliphatic heterocycles. The zero-order valence-corrected chi connectivity index (χ0v) is 10.6. The molecule has 1 fully saturated rings. The van der Waals surface area contributed by atoms with E-state index in [-0.39, 0.29) is 0 Å². The highest BCUT2D eigenvalue weighted by Gasteiger charge is 2.21. The quantitative estimate of drug-likeness (QED) is 0.866. The molecule has 3 nitrogen and oxygen atoms in total. The first-order valence-corrected chi connectivity index (χ1v) is 6.74. The highest BCUT2D eigenvalue weighted by atomic mass is 32.1. The summed E-state index contributed by atoms with van der Waals surface area (Å²) in [5.74, 6) is 0. The summed E-state index contributed by atoms with van der Waals surface area (Å²) in [6.07, 6.45) is 1.13. The van der Waals surface area contributed by atoms with Crippen LogP contribution in [0.15, 0.2) is 12.1 Å². The standard InChI is InChI=1S/C12H20N2OS/c1-2-11-3-4-12(16-11)8-14-5-6-15-9-10(14)7-13/h3-4,10H,2,5-9,13H2,1H3. The zero-order valence-electron chi connectivity index (χ0n) is 9.82. The Morgan fingerprint density at radius 3 is 3.00 bits per heavy atom. The van der Waals surface area contributed by atoms with Crippen molar-refractivity contribution in [3.8, 4) is 0 Å². The second kappa shape index (κ2) is 5.77. The predicted molar refractivity (Wildman–Crippen MR) is 67.8 cm³/mol. The number of aryl methyl sites for hydroxylation is 1. The molecule has 1 saturated heterocycles. The van der Waals surface area contributed by atoms with Crippen molar-refractivity contribution in [1.29, 1.82) is 0 Å². The van der Waals surface area contributed by atoms with Gasteiger partial charge < -0.3 is 10.5 Å². The minimum atomic E-state index is 0.390. The molecule has 0 spiro atoms. The molecule has 0 bridgehead atoms. The van der Waals surface area contributed by atoms with E-state index < -0.39 is 0 Å². The lowest BCUT2D eigenvalue weighted by atomic mass is 10.2. The lowest BCUT2D eigenvalue weighted by Crippen LogP contribution is -2.48. The summed E-state index contributed by atoms with van der Waals surface area (Å²) in [4.78, 5) is 5.35. The van der Waals surface area contributed by atoms with Gasteiger partial charge in [-0.05, 0) is 18.6 Å². The van der Waals surface area contributed by atoms with Gasteiger partial charge in [0.25, 0.3) is 0 Å². The summed E-state index contributed by atoms with van der Waals surface area (Å²) in [5.41, 5.74) is 5.76. The van der Waals surface area contributed by atoms with Gasteiger partial charge >= 0.3 is 0 Å². The van der Waals surface area contributed by atoms with Gasteiger partial charge in [-0.25, -0.2) is 0 Å². The summed E-state index contributed by atoms with van der Waals surface area (Å²) < 4.78 is 5.45. The van der Waals surface area contributed by atoms with Crippen molar-refractivity contribution in [2.45, 2.75) is 25.9 Å². The highest BCUT2D eigenvalue weighted by Crippen LogP contribution is 2.20. The van der Waals surface area contributed by atoms with Crippen molar-refractivity contribution in [3.63, 3.8) is 0 Å². The molecule has 0 radical (unpaired) electrons. The topological polar surface area (TPSA) is 38.5 Å². The SMILES string of the molecule is CCc1ccc(CN2CCOCC2CN)s1. The van der Waals surface area contributed by atoms with Gasteiger partial charge in [-0.3, -0.25) is 4.90 Å². The second-order valence-corrected chi connectivity index (χ2v) is 5.41. The fourth-order valence-electron chi connectivity index (χ4n) is 2.01. The minimum Gasteiger partial charge on any atom is -0.378 e. The van der Waals surface area contributed by atoms with E-state index in [2.05, 4.69) is 24.0 Å². The molecule has 0 amide bonds. The number of rotatable bonds is 4. The maximum Gasteiger partial charge on any atom is 0.0634 e. The van der Waals surface area contributed by atoms with Crippen LogP contribution in [0.5, 0.6) is 0 Å². The molecule has 1 aromatic rings. The fourth-order valence-corrected chi connectivity index (χ4v) is 3.00. The van der Waals surface area contributed by atoms with Gasteiger partial charge in [0.15, 0.2) is 0 Å². The van der Waals surface area contributed by atoms with Crippen LogP contribution in [0.2, 0.25) is 0 Å². The van der Waals surface area contributed by atoms with Crippen LogP contribution < -0.4 is 5.73 Å². The Balaban J connectivity index is 1.96. The van der Waals surface area contributed by atoms with E-state index in [9.17, 15) is 0 Å². The maximum atomic E-state index is 5.76. The number of hydrogen-bond acceptors (Lipinski definition) is 4. The van der Waals surface area contributed by atoms with Crippen LogP contribution in [-0.2, 0) is 17.7 Å². The Bertz CT molecular complexity index is 327. The lowest BCUT2D eigenvalue weighted by molar-refractivity contribution is -0.00747. The van der Waals surface area contributed by atoms with Crippen LogP contribution in [0.1, 0.15) is 16.7 Å². The van der Waals surface area contributed by atoms with Gasteiger partial charge in [0, 0.05) is 35.4 Å². The molecule has 4 heteroatoms. The smallest absolute Gasteiger partial charge is 0.0634 e. The number of hydrogen-bond donors (Lipinski definition) is 1. The zero-order chi connectivity index (χ0) is 11.4. The molecule has 0 aliphatic carbocycles. The fraction of sp³-hybridized carbons (Fsp3) is 0.667. The van der Waals surface area contributed by atoms with E-state index >= 15 is 0 Å². The molecular formula is C12H20N2OS. The van der Waals surface area contributed by atoms with Gasteiger partial charge in [0.1, 0.15) is 0 Å². The van der Waals surface area contributed by atoms with E-state index in [1.165, 1.54) is 9.75 Å². The van der Waals surface area contributed by atoms with Crippen LogP contribution in [0.25, 0.3) is 0 Å². The maximum absolute atomic E-state index is 5.76. The van der Waals surface area contributed by atoms with Gasteiger partial charge in [0.2, 0.25) is 0 Å². The van der Waals surface area contributed by atoms with Crippen molar-refractivity contribution < 1.29 is 4.74 Å². The Morgan fingerprint density at radius 2 is 2.31 bits per heavy atom. The average Bonchev–Trinajstić information content (AvgIpc) is 2.77. The predicted octanol–water partition coefficient (Wildman–Crippen LogP) is 1.47. The Morgan fingerprint density at radius 1 is 1.50 bits per heavy atom. The van der Waals surface area contributed by atoms with Crippen LogP contribution in [0.4, 0.5) is 0 Å². The van der Waals surface area contributed by atoms with Crippen LogP contribution in [0.3, 0.4) is 0 Å². The first kappa shape index (κ1) is 12.0. The van der Waals surface area contributed by atoms with Crippen LogP contribution in [0, 0.1) is 0 Å². The Hall–Kier alpha value is -0.420. The normalized spacial score (nSPS) is 22.5. The average molecular weight is 240 g/mol. The number of nitrogens with zero attached hydrogens (tertiary/aromatic N) is 1. The van der Waals surface area contributed by atoms with Gasteiger partial charge in [-0.1, -0.05) is 6.92 Å². The molecule has 2 heterocycles. The van der Waals surface area contributed by atoms with Crippen molar-refractivity contribution in [1.82, 2.24) is 4.90 Å². The molecular weight excluding hydrogens is 220 g/mol. The molecule has 1 aliphatic rings. The number of nitrogens with two attached hydrogens (primary N) is 1. The third-order valence-electron chi connectivity index (χ3n) is 3.05. The number of morpholine rings is 1. The summed E-state index contributed by atoms with van der Waals surface area (Å²) in [6.45, 7) is 6.53. The van der Waals surface area contributed by atoms with Crippen LogP contribution in [-0.4, -0.2) is 37.2 Å². The summed E-state index contributed by atoms with van der Waals surface area (Å²) >= 11 is 1.92. The summed E-state index contributed by atoms with van der Waals surface area (Å²) in [7, 11) is 0. The molecule has 1 unspecified atom stereocenters. The first-order chi connectivity index (χ1) is 7.83.